The summed E-state index contributed by atoms with van der Waals surface area (Å²) in [6.07, 6.45) is -0.173. The molecule has 3 heteroatoms. The molecule has 0 aliphatic heterocycles. The fourth-order valence-electron chi connectivity index (χ4n) is 2.12. The Balaban J connectivity index is 2.25. The van der Waals surface area contributed by atoms with Gasteiger partial charge in [0.15, 0.2) is 0 Å². The third-order valence-corrected chi connectivity index (χ3v) is 3.28. The second-order valence-corrected chi connectivity index (χ2v) is 5.31. The van der Waals surface area contributed by atoms with Gasteiger partial charge in [0.1, 0.15) is 5.82 Å². The van der Waals surface area contributed by atoms with E-state index in [-0.39, 0.29) is 17.9 Å². The largest absolute Gasteiger partial charge is 0.463 e. The number of ether oxygens (including phenoxy) is 1. The van der Waals surface area contributed by atoms with Gasteiger partial charge < -0.3 is 4.74 Å². The first kappa shape index (κ1) is 15.2. The molecule has 0 aromatic heterocycles. The topological polar surface area (TPSA) is 26.3 Å². The van der Waals surface area contributed by atoms with Gasteiger partial charge in [0.05, 0.1) is 12.0 Å². The van der Waals surface area contributed by atoms with Crippen molar-refractivity contribution in [1.82, 2.24) is 0 Å². The van der Waals surface area contributed by atoms with E-state index < -0.39 is 5.92 Å². The molecule has 0 unspecified atom stereocenters. The Morgan fingerprint density at radius 3 is 2.29 bits per heavy atom. The third kappa shape index (κ3) is 3.69. The minimum Gasteiger partial charge on any atom is -0.463 e. The van der Waals surface area contributed by atoms with Crippen LogP contribution in [0.5, 0.6) is 0 Å². The van der Waals surface area contributed by atoms with E-state index in [2.05, 4.69) is 0 Å². The molecule has 110 valence electrons. The first-order chi connectivity index (χ1) is 9.99. The summed E-state index contributed by atoms with van der Waals surface area (Å²) in [6, 6.07) is 14.2. The first-order valence-corrected chi connectivity index (χ1v) is 7.04. The normalized spacial score (nSPS) is 12.2. The van der Waals surface area contributed by atoms with Gasteiger partial charge in [0.2, 0.25) is 0 Å². The van der Waals surface area contributed by atoms with E-state index in [1.807, 2.05) is 30.3 Å². The number of carbonyl (C=O) groups is 1. The average molecular weight is 286 g/mol. The van der Waals surface area contributed by atoms with Crippen LogP contribution in [-0.4, -0.2) is 12.1 Å². The molecule has 21 heavy (non-hydrogen) atoms. The monoisotopic (exact) mass is 286 g/mol. The summed E-state index contributed by atoms with van der Waals surface area (Å²) in [7, 11) is 0. The smallest absolute Gasteiger partial charge is 0.313 e. The van der Waals surface area contributed by atoms with E-state index in [4.69, 9.17) is 4.74 Å². The molecular formula is C18H19FO2. The van der Waals surface area contributed by atoms with Crippen molar-refractivity contribution in [3.8, 4) is 11.1 Å². The molecule has 0 heterocycles. The molecule has 0 aliphatic rings. The Bertz CT molecular complexity index is 620. The van der Waals surface area contributed by atoms with Crippen molar-refractivity contribution in [2.24, 2.45) is 0 Å². The molecule has 2 nitrogen and oxygen atoms in total. The minimum absolute atomic E-state index is 0.173. The van der Waals surface area contributed by atoms with E-state index in [9.17, 15) is 9.18 Å². The summed E-state index contributed by atoms with van der Waals surface area (Å²) in [5, 5.41) is 0. The standard InChI is InChI=1S/C18H19FO2/c1-12(2)21-18(20)13(3)15-9-10-16(17(19)11-15)14-7-5-4-6-8-14/h4-13H,1-3H3/t13-/m0/s1. The van der Waals surface area contributed by atoms with Crippen molar-refractivity contribution in [3.05, 3.63) is 59.9 Å². The molecule has 0 spiro atoms. The number of rotatable bonds is 4. The number of hydrogen-bond acceptors (Lipinski definition) is 2. The molecule has 0 saturated heterocycles. The summed E-state index contributed by atoms with van der Waals surface area (Å²) in [5.41, 5.74) is 1.97. The molecule has 2 aromatic rings. The summed E-state index contributed by atoms with van der Waals surface area (Å²) in [6.45, 7) is 5.31. The van der Waals surface area contributed by atoms with E-state index in [1.54, 1.807) is 32.9 Å². The second-order valence-electron chi connectivity index (χ2n) is 5.31. The van der Waals surface area contributed by atoms with E-state index in [1.165, 1.54) is 6.07 Å². The molecule has 2 aromatic carbocycles. The number of hydrogen-bond donors (Lipinski definition) is 0. The van der Waals surface area contributed by atoms with Crippen molar-refractivity contribution in [3.63, 3.8) is 0 Å². The molecule has 0 N–H and O–H groups in total. The SMILES string of the molecule is CC(C)OC(=O)[C@@H](C)c1ccc(-c2ccccc2)c(F)c1. The van der Waals surface area contributed by atoms with Crippen LogP contribution in [0.1, 0.15) is 32.3 Å². The Hall–Kier alpha value is -2.16. The van der Waals surface area contributed by atoms with Crippen LogP contribution in [0.25, 0.3) is 11.1 Å². The Labute approximate surface area is 124 Å². The molecule has 0 fully saturated rings. The van der Waals surface area contributed by atoms with Crippen LogP contribution < -0.4 is 0 Å². The second kappa shape index (κ2) is 6.53. The van der Waals surface area contributed by atoms with Gasteiger partial charge in [-0.05, 0) is 38.0 Å². The summed E-state index contributed by atoms with van der Waals surface area (Å²) < 4.78 is 19.4. The van der Waals surface area contributed by atoms with Gasteiger partial charge in [-0.15, -0.1) is 0 Å². The quantitative estimate of drug-likeness (QED) is 0.771. The fraction of sp³-hybridized carbons (Fsp3) is 0.278. The predicted octanol–water partition coefficient (Wildman–Crippen LogP) is 4.55. The van der Waals surface area contributed by atoms with Crippen LogP contribution in [0, 0.1) is 5.82 Å². The maximum atomic E-state index is 14.3. The maximum absolute atomic E-state index is 14.3. The highest BCUT2D eigenvalue weighted by atomic mass is 19.1. The number of esters is 1. The van der Waals surface area contributed by atoms with E-state index >= 15 is 0 Å². The Morgan fingerprint density at radius 2 is 1.71 bits per heavy atom. The van der Waals surface area contributed by atoms with Crippen LogP contribution in [0.15, 0.2) is 48.5 Å². The molecule has 0 radical (unpaired) electrons. The van der Waals surface area contributed by atoms with Gasteiger partial charge in [-0.3, -0.25) is 4.79 Å². The highest BCUT2D eigenvalue weighted by molar-refractivity contribution is 5.78. The van der Waals surface area contributed by atoms with E-state index in [0.717, 1.165) is 5.56 Å². The number of benzene rings is 2. The van der Waals surface area contributed by atoms with E-state index in [0.29, 0.717) is 11.1 Å². The molecule has 2 rings (SSSR count). The summed E-state index contributed by atoms with van der Waals surface area (Å²) in [4.78, 5) is 11.9. The predicted molar refractivity (Wildman–Crippen MR) is 81.5 cm³/mol. The van der Waals surface area contributed by atoms with Gasteiger partial charge in [-0.2, -0.15) is 0 Å². The lowest BCUT2D eigenvalue weighted by Crippen LogP contribution is -2.17. The minimum atomic E-state index is -0.480. The lowest BCUT2D eigenvalue weighted by Gasteiger charge is -2.15. The van der Waals surface area contributed by atoms with Crippen LogP contribution in [-0.2, 0) is 9.53 Å². The van der Waals surface area contributed by atoms with Crippen LogP contribution in [0.4, 0.5) is 4.39 Å². The van der Waals surface area contributed by atoms with Gasteiger partial charge in [0, 0.05) is 5.56 Å². The van der Waals surface area contributed by atoms with Crippen LogP contribution in [0.3, 0.4) is 0 Å². The Morgan fingerprint density at radius 1 is 1.05 bits per heavy atom. The molecule has 0 amide bonds. The van der Waals surface area contributed by atoms with Crippen molar-refractivity contribution in [1.29, 1.82) is 0 Å². The zero-order valence-corrected chi connectivity index (χ0v) is 12.5. The maximum Gasteiger partial charge on any atom is 0.313 e. The van der Waals surface area contributed by atoms with Gasteiger partial charge >= 0.3 is 5.97 Å². The average Bonchev–Trinajstić information content (AvgIpc) is 2.46. The molecule has 0 aliphatic carbocycles. The summed E-state index contributed by atoms with van der Waals surface area (Å²) >= 11 is 0. The third-order valence-electron chi connectivity index (χ3n) is 3.28. The zero-order chi connectivity index (χ0) is 15.4. The van der Waals surface area contributed by atoms with Crippen molar-refractivity contribution in [2.75, 3.05) is 0 Å². The highest BCUT2D eigenvalue weighted by Crippen LogP contribution is 2.26. The summed E-state index contributed by atoms with van der Waals surface area (Å²) in [5.74, 6) is -1.15. The highest BCUT2D eigenvalue weighted by Gasteiger charge is 2.19. The van der Waals surface area contributed by atoms with Crippen LogP contribution in [0.2, 0.25) is 0 Å². The zero-order valence-electron chi connectivity index (χ0n) is 12.5. The first-order valence-electron chi connectivity index (χ1n) is 7.04. The van der Waals surface area contributed by atoms with Crippen molar-refractivity contribution < 1.29 is 13.9 Å². The molecular weight excluding hydrogens is 267 g/mol. The van der Waals surface area contributed by atoms with Gasteiger partial charge in [-0.25, -0.2) is 4.39 Å². The number of halogens is 1. The lowest BCUT2D eigenvalue weighted by atomic mass is 9.97. The molecule has 0 saturated carbocycles. The molecule has 0 bridgehead atoms. The van der Waals surface area contributed by atoms with Crippen LogP contribution >= 0.6 is 0 Å². The lowest BCUT2D eigenvalue weighted by molar-refractivity contribution is -0.148. The fourth-order valence-corrected chi connectivity index (χ4v) is 2.12. The van der Waals surface area contributed by atoms with Gasteiger partial charge in [0.25, 0.3) is 0 Å². The number of carbonyl (C=O) groups excluding carboxylic acids is 1. The van der Waals surface area contributed by atoms with Crippen molar-refractivity contribution in [2.45, 2.75) is 32.8 Å². The van der Waals surface area contributed by atoms with Gasteiger partial charge in [-0.1, -0.05) is 42.5 Å². The molecule has 1 atom stereocenters. The Kier molecular flexibility index (Phi) is 4.73. The van der Waals surface area contributed by atoms with Crippen molar-refractivity contribution >= 4 is 5.97 Å².